The van der Waals surface area contributed by atoms with Crippen LogP contribution in [0.1, 0.15) is 44.6 Å². The van der Waals surface area contributed by atoms with Crippen molar-refractivity contribution in [2.75, 3.05) is 13.7 Å². The molecule has 0 bridgehead atoms. The molecule has 3 rings (SSSR count). The van der Waals surface area contributed by atoms with E-state index >= 15 is 0 Å². The number of rotatable bonds is 5. The first-order valence-corrected chi connectivity index (χ1v) is 9.15. The fourth-order valence-corrected chi connectivity index (χ4v) is 4.29. The van der Waals surface area contributed by atoms with Crippen LogP contribution in [0.5, 0.6) is 5.75 Å². The predicted octanol–water partition coefficient (Wildman–Crippen LogP) is 3.55. The molecule has 0 heterocycles. The van der Waals surface area contributed by atoms with Gasteiger partial charge in [-0.15, -0.1) is 24.0 Å². The van der Waals surface area contributed by atoms with Crippen molar-refractivity contribution in [1.29, 1.82) is 0 Å². The number of aliphatic imine (C=N–C) groups is 1. The lowest BCUT2D eigenvalue weighted by molar-refractivity contribution is -0.125. The molecule has 0 saturated heterocycles. The van der Waals surface area contributed by atoms with E-state index in [1.165, 1.54) is 37.8 Å². The van der Waals surface area contributed by atoms with E-state index in [1.807, 2.05) is 0 Å². The van der Waals surface area contributed by atoms with Gasteiger partial charge in [0.2, 0.25) is 0 Å². The molecule has 3 N–H and O–H groups in total. The van der Waals surface area contributed by atoms with Gasteiger partial charge in [-0.2, -0.15) is 0 Å². The molecule has 2 aliphatic rings. The quantitative estimate of drug-likeness (QED) is 0.345. The average molecular weight is 477 g/mol. The molecular weight excluding hydrogens is 448 g/mol. The van der Waals surface area contributed by atoms with Gasteiger partial charge in [-0.3, -0.25) is 4.99 Å². The minimum absolute atomic E-state index is 0. The highest BCUT2D eigenvalue weighted by Gasteiger charge is 2.56. The number of phenolic OH excluding ortho intramolecular Hbond substituents is 1. The van der Waals surface area contributed by atoms with Crippen LogP contribution in [-0.4, -0.2) is 36.9 Å². The Morgan fingerprint density at radius 1 is 1.38 bits per heavy atom. The van der Waals surface area contributed by atoms with Gasteiger partial charge in [0.05, 0.1) is 6.10 Å². The molecule has 146 valence electrons. The molecule has 7 heteroatoms. The van der Waals surface area contributed by atoms with Gasteiger partial charge in [0.15, 0.2) is 17.5 Å². The minimum atomic E-state index is -0.606. The first-order valence-electron chi connectivity index (χ1n) is 9.15. The summed E-state index contributed by atoms with van der Waals surface area (Å²) in [4.78, 5) is 4.30. The van der Waals surface area contributed by atoms with Gasteiger partial charge in [-0.1, -0.05) is 18.9 Å². The second-order valence-corrected chi connectivity index (χ2v) is 7.03. The number of hydrogen-bond acceptors (Lipinski definition) is 3. The van der Waals surface area contributed by atoms with E-state index in [9.17, 15) is 9.50 Å². The van der Waals surface area contributed by atoms with Gasteiger partial charge in [0, 0.05) is 31.7 Å². The van der Waals surface area contributed by atoms with Crippen molar-refractivity contribution < 1.29 is 14.2 Å². The first kappa shape index (κ1) is 21.2. The zero-order valence-corrected chi connectivity index (χ0v) is 17.8. The summed E-state index contributed by atoms with van der Waals surface area (Å²) in [5.41, 5.74) is 0.993. The number of ether oxygens (including phenoxy) is 1. The largest absolute Gasteiger partial charge is 0.505 e. The number of halogens is 2. The third-order valence-corrected chi connectivity index (χ3v) is 5.69. The van der Waals surface area contributed by atoms with Gasteiger partial charge in [-0.05, 0) is 43.9 Å². The molecule has 0 aromatic heterocycles. The van der Waals surface area contributed by atoms with Gasteiger partial charge in [0.25, 0.3) is 0 Å². The predicted molar refractivity (Wildman–Crippen MR) is 112 cm³/mol. The van der Waals surface area contributed by atoms with E-state index in [0.717, 1.165) is 24.6 Å². The fraction of sp³-hybridized carbons (Fsp3) is 0.632. The van der Waals surface area contributed by atoms with E-state index < -0.39 is 5.82 Å². The standard InChI is InChI=1S/C19H28FN3O2.HI/c1-3-25-17-11-16(19(17)8-4-5-9-19)23-18(21-2)22-12-13-6-7-15(24)14(20)10-13;/h6-7,10,16-17,24H,3-5,8-9,11-12H2,1-2H3,(H2,21,22,23);1H. The van der Waals surface area contributed by atoms with Crippen molar-refractivity contribution in [3.63, 3.8) is 0 Å². The van der Waals surface area contributed by atoms with Crippen molar-refractivity contribution in [2.45, 2.75) is 57.7 Å². The lowest BCUT2D eigenvalue weighted by atomic mass is 9.60. The SMILES string of the molecule is CCOC1CC(NC(=NC)NCc2ccc(O)c(F)c2)C12CCCC2.I. The Morgan fingerprint density at radius 2 is 2.12 bits per heavy atom. The van der Waals surface area contributed by atoms with Crippen LogP contribution < -0.4 is 10.6 Å². The molecule has 2 unspecified atom stereocenters. The van der Waals surface area contributed by atoms with Gasteiger partial charge >= 0.3 is 0 Å². The summed E-state index contributed by atoms with van der Waals surface area (Å²) in [5.74, 6) is -0.212. The molecule has 1 aromatic carbocycles. The zero-order valence-electron chi connectivity index (χ0n) is 15.4. The van der Waals surface area contributed by atoms with Gasteiger partial charge in [-0.25, -0.2) is 4.39 Å². The van der Waals surface area contributed by atoms with Crippen LogP contribution in [0.3, 0.4) is 0 Å². The third kappa shape index (κ3) is 4.24. The number of nitrogens with one attached hydrogen (secondary N) is 2. The molecule has 1 aromatic rings. The molecule has 0 amide bonds. The number of aromatic hydroxyl groups is 1. The molecule has 2 saturated carbocycles. The fourth-order valence-electron chi connectivity index (χ4n) is 4.29. The van der Waals surface area contributed by atoms with E-state index in [4.69, 9.17) is 4.74 Å². The van der Waals surface area contributed by atoms with Crippen molar-refractivity contribution in [1.82, 2.24) is 10.6 Å². The van der Waals surface area contributed by atoms with E-state index in [1.54, 1.807) is 13.1 Å². The lowest BCUT2D eigenvalue weighted by Crippen LogP contribution is -2.65. The van der Waals surface area contributed by atoms with Crippen molar-refractivity contribution in [3.05, 3.63) is 29.6 Å². The summed E-state index contributed by atoms with van der Waals surface area (Å²) < 4.78 is 19.4. The Morgan fingerprint density at radius 3 is 2.73 bits per heavy atom. The Balaban J connectivity index is 0.00000243. The number of nitrogens with zero attached hydrogens (tertiary/aromatic N) is 1. The number of phenols is 1. The molecule has 0 aliphatic heterocycles. The highest BCUT2D eigenvalue weighted by Crippen LogP contribution is 2.54. The normalized spacial score (nSPS) is 24.0. The van der Waals surface area contributed by atoms with Crippen LogP contribution in [0.4, 0.5) is 4.39 Å². The molecular formula is C19H29FIN3O2. The topological polar surface area (TPSA) is 65.9 Å². The van der Waals surface area contributed by atoms with Crippen LogP contribution >= 0.6 is 24.0 Å². The van der Waals surface area contributed by atoms with Gasteiger partial charge < -0.3 is 20.5 Å². The second-order valence-electron chi connectivity index (χ2n) is 7.03. The van der Waals surface area contributed by atoms with E-state index in [0.29, 0.717) is 18.7 Å². The number of hydrogen-bond donors (Lipinski definition) is 3. The van der Waals surface area contributed by atoms with Crippen LogP contribution in [-0.2, 0) is 11.3 Å². The van der Waals surface area contributed by atoms with Crippen molar-refractivity contribution >= 4 is 29.9 Å². The molecule has 2 atom stereocenters. The maximum atomic E-state index is 13.4. The summed E-state index contributed by atoms with van der Waals surface area (Å²) in [5, 5.41) is 16.0. The lowest BCUT2D eigenvalue weighted by Gasteiger charge is -2.54. The van der Waals surface area contributed by atoms with Crippen LogP contribution in [0, 0.1) is 11.2 Å². The Bertz CT molecular complexity index is 635. The number of guanidine groups is 1. The minimum Gasteiger partial charge on any atom is -0.505 e. The highest BCUT2D eigenvalue weighted by atomic mass is 127. The second kappa shape index (κ2) is 9.21. The average Bonchev–Trinajstić information content (AvgIpc) is 3.12. The summed E-state index contributed by atoms with van der Waals surface area (Å²) in [7, 11) is 1.74. The summed E-state index contributed by atoms with van der Waals surface area (Å²) in [6.07, 6.45) is 6.29. The Kier molecular flexibility index (Phi) is 7.52. The third-order valence-electron chi connectivity index (χ3n) is 5.69. The Hall–Kier alpha value is -1.09. The smallest absolute Gasteiger partial charge is 0.191 e. The first-order chi connectivity index (χ1) is 12.1. The van der Waals surface area contributed by atoms with Crippen molar-refractivity contribution in [3.8, 4) is 5.75 Å². The van der Waals surface area contributed by atoms with E-state index in [2.05, 4.69) is 22.5 Å². The molecule has 1 spiro atoms. The van der Waals surface area contributed by atoms with E-state index in [-0.39, 0.29) is 35.1 Å². The molecule has 0 radical (unpaired) electrons. The maximum Gasteiger partial charge on any atom is 0.191 e. The monoisotopic (exact) mass is 477 g/mol. The Labute approximate surface area is 171 Å². The molecule has 2 aliphatic carbocycles. The zero-order chi connectivity index (χ0) is 17.9. The maximum absolute atomic E-state index is 13.4. The van der Waals surface area contributed by atoms with Crippen LogP contribution in [0.2, 0.25) is 0 Å². The van der Waals surface area contributed by atoms with Crippen LogP contribution in [0.25, 0.3) is 0 Å². The summed E-state index contributed by atoms with van der Waals surface area (Å²) in [6.45, 7) is 3.27. The number of benzene rings is 1. The van der Waals surface area contributed by atoms with Gasteiger partial charge in [0.1, 0.15) is 0 Å². The summed E-state index contributed by atoms with van der Waals surface area (Å²) in [6, 6.07) is 4.78. The molecule has 5 nitrogen and oxygen atoms in total. The molecule has 2 fully saturated rings. The van der Waals surface area contributed by atoms with Crippen molar-refractivity contribution in [2.24, 2.45) is 10.4 Å². The highest BCUT2D eigenvalue weighted by molar-refractivity contribution is 14.0. The molecule has 26 heavy (non-hydrogen) atoms. The van der Waals surface area contributed by atoms with Crippen LogP contribution in [0.15, 0.2) is 23.2 Å². The summed E-state index contributed by atoms with van der Waals surface area (Å²) >= 11 is 0.